The third-order valence-electron chi connectivity index (χ3n) is 9.03. The summed E-state index contributed by atoms with van der Waals surface area (Å²) in [5, 5.41) is 9.90. The highest BCUT2D eigenvalue weighted by Gasteiger charge is 2.31. The molecule has 0 bridgehead atoms. The molecule has 2 saturated carbocycles. The summed E-state index contributed by atoms with van der Waals surface area (Å²) in [5.74, 6) is 3.47. The number of aryl methyl sites for hydroxylation is 1. The molecule has 3 rings (SSSR count). The van der Waals surface area contributed by atoms with Gasteiger partial charge in [-0.15, -0.1) is 0 Å². The Morgan fingerprint density at radius 3 is 2.03 bits per heavy atom. The van der Waals surface area contributed by atoms with Crippen molar-refractivity contribution in [3.63, 3.8) is 0 Å². The normalized spacial score (nSPS) is 26.6. The predicted octanol–water partition coefficient (Wildman–Crippen LogP) is 10.00. The minimum Gasteiger partial charge on any atom is -0.198 e. The fraction of sp³-hybridized carbons (Fsp3) is 0.781. The maximum absolute atomic E-state index is 9.90. The second-order valence-electron chi connectivity index (χ2n) is 11.5. The van der Waals surface area contributed by atoms with Crippen LogP contribution in [0.1, 0.15) is 140 Å². The lowest BCUT2D eigenvalue weighted by Gasteiger charge is -2.34. The Bertz CT molecular complexity index is 667. The van der Waals surface area contributed by atoms with Crippen LogP contribution in [0.25, 0.3) is 0 Å². The number of benzene rings is 1. The smallest absolute Gasteiger partial charge is 0.0658 e. The number of hydrogen-bond donors (Lipinski definition) is 0. The lowest BCUT2D eigenvalue weighted by Crippen LogP contribution is -2.24. The van der Waals surface area contributed by atoms with Crippen LogP contribution in [0.4, 0.5) is 0 Å². The van der Waals surface area contributed by atoms with E-state index < -0.39 is 0 Å². The summed E-state index contributed by atoms with van der Waals surface area (Å²) in [5.41, 5.74) is 3.08. The van der Waals surface area contributed by atoms with Gasteiger partial charge in [0.1, 0.15) is 0 Å². The van der Waals surface area contributed by atoms with E-state index in [1.165, 1.54) is 121 Å². The summed E-state index contributed by atoms with van der Waals surface area (Å²) < 4.78 is 0. The van der Waals surface area contributed by atoms with Crippen molar-refractivity contribution in [1.29, 1.82) is 5.26 Å². The topological polar surface area (TPSA) is 23.8 Å². The molecule has 33 heavy (non-hydrogen) atoms. The fourth-order valence-electron chi connectivity index (χ4n) is 6.79. The third-order valence-corrected chi connectivity index (χ3v) is 9.03. The molecule has 184 valence electrons. The van der Waals surface area contributed by atoms with Crippen LogP contribution in [0.15, 0.2) is 24.3 Å². The van der Waals surface area contributed by atoms with Gasteiger partial charge in [-0.25, -0.2) is 0 Å². The molecule has 2 aliphatic carbocycles. The highest BCUT2D eigenvalue weighted by atomic mass is 14.4. The molecule has 0 aromatic heterocycles. The van der Waals surface area contributed by atoms with Gasteiger partial charge in [-0.05, 0) is 92.6 Å². The molecular formula is C32H51N. The van der Waals surface area contributed by atoms with Crippen molar-refractivity contribution in [3.05, 3.63) is 35.4 Å². The van der Waals surface area contributed by atoms with E-state index in [2.05, 4.69) is 44.2 Å². The van der Waals surface area contributed by atoms with Crippen LogP contribution < -0.4 is 0 Å². The van der Waals surface area contributed by atoms with E-state index in [0.29, 0.717) is 11.8 Å². The first-order valence-corrected chi connectivity index (χ1v) is 14.7. The van der Waals surface area contributed by atoms with Gasteiger partial charge in [-0.2, -0.15) is 5.26 Å². The van der Waals surface area contributed by atoms with Crippen LogP contribution >= 0.6 is 0 Å². The van der Waals surface area contributed by atoms with E-state index in [4.69, 9.17) is 0 Å². The van der Waals surface area contributed by atoms with Crippen molar-refractivity contribution < 1.29 is 0 Å². The Morgan fingerprint density at radius 1 is 0.758 bits per heavy atom. The number of unbranched alkanes of at least 4 members (excludes halogenated alkanes) is 5. The predicted molar refractivity (Wildman–Crippen MR) is 142 cm³/mol. The van der Waals surface area contributed by atoms with Crippen LogP contribution in [0.5, 0.6) is 0 Å². The Labute approximate surface area is 205 Å². The molecule has 0 radical (unpaired) electrons. The molecular weight excluding hydrogens is 398 g/mol. The molecule has 1 aromatic carbocycles. The van der Waals surface area contributed by atoms with Crippen LogP contribution in [0.3, 0.4) is 0 Å². The van der Waals surface area contributed by atoms with E-state index in [0.717, 1.165) is 17.8 Å². The Hall–Kier alpha value is -1.29. The number of nitriles is 1. The van der Waals surface area contributed by atoms with Crippen molar-refractivity contribution in [3.8, 4) is 6.07 Å². The van der Waals surface area contributed by atoms with Gasteiger partial charge < -0.3 is 0 Å². The van der Waals surface area contributed by atoms with Gasteiger partial charge >= 0.3 is 0 Å². The summed E-state index contributed by atoms with van der Waals surface area (Å²) in [6.07, 6.45) is 24.1. The molecule has 0 N–H and O–H groups in total. The Balaban J connectivity index is 1.36. The SMILES string of the molecule is CCCCCCCCc1ccc([C@H]2CC[C@H](CC(C#N)[C@H]3CC[C@H](CCC)CC3)CC2)cc1. The minimum absolute atomic E-state index is 0.315. The van der Waals surface area contributed by atoms with Crippen molar-refractivity contribution in [2.45, 2.75) is 135 Å². The van der Waals surface area contributed by atoms with Crippen LogP contribution in [0, 0.1) is 35.0 Å². The molecule has 1 nitrogen and oxygen atoms in total. The highest BCUT2D eigenvalue weighted by Crippen LogP contribution is 2.42. The summed E-state index contributed by atoms with van der Waals surface area (Å²) in [4.78, 5) is 0. The maximum Gasteiger partial charge on any atom is 0.0658 e. The molecule has 0 spiro atoms. The first kappa shape index (κ1) is 26.3. The molecule has 0 amide bonds. The number of nitrogens with zero attached hydrogens (tertiary/aromatic N) is 1. The lowest BCUT2D eigenvalue weighted by molar-refractivity contribution is 0.189. The van der Waals surface area contributed by atoms with E-state index in [-0.39, 0.29) is 0 Å². The maximum atomic E-state index is 9.90. The summed E-state index contributed by atoms with van der Waals surface area (Å²) in [6.45, 7) is 4.60. The first-order chi connectivity index (χ1) is 16.2. The standard InChI is InChI=1S/C32H51N/c1-3-5-6-7-8-9-11-27-14-18-29(19-15-27)30-22-16-28(17-23-30)24-32(25-33)31-20-12-26(10-4-2)13-21-31/h14-15,18-19,26,28,30-32H,3-13,16-17,20-24H2,1-2H3/t26-,28-,30-,31-,32?. The number of hydrogen-bond acceptors (Lipinski definition) is 1. The number of rotatable bonds is 13. The average Bonchev–Trinajstić information content (AvgIpc) is 2.86. The monoisotopic (exact) mass is 449 g/mol. The molecule has 0 aliphatic heterocycles. The summed E-state index contributed by atoms with van der Waals surface area (Å²) in [7, 11) is 0. The molecule has 1 unspecified atom stereocenters. The molecule has 0 saturated heterocycles. The van der Waals surface area contributed by atoms with Crippen LogP contribution in [0.2, 0.25) is 0 Å². The molecule has 1 aromatic rings. The van der Waals surface area contributed by atoms with Gasteiger partial charge in [0, 0.05) is 5.92 Å². The van der Waals surface area contributed by atoms with Gasteiger partial charge in [0.05, 0.1) is 6.07 Å². The van der Waals surface area contributed by atoms with E-state index in [1.54, 1.807) is 5.56 Å². The van der Waals surface area contributed by atoms with Gasteiger partial charge in [-0.1, -0.05) is 95.9 Å². The van der Waals surface area contributed by atoms with E-state index in [1.807, 2.05) is 0 Å². The van der Waals surface area contributed by atoms with Crippen molar-refractivity contribution in [2.24, 2.45) is 23.7 Å². The van der Waals surface area contributed by atoms with Gasteiger partial charge in [0.15, 0.2) is 0 Å². The van der Waals surface area contributed by atoms with E-state index in [9.17, 15) is 5.26 Å². The first-order valence-electron chi connectivity index (χ1n) is 14.7. The molecule has 0 heterocycles. The second-order valence-corrected chi connectivity index (χ2v) is 11.5. The highest BCUT2D eigenvalue weighted by molar-refractivity contribution is 5.26. The largest absolute Gasteiger partial charge is 0.198 e. The zero-order valence-electron chi connectivity index (χ0n) is 21.9. The summed E-state index contributed by atoms with van der Waals surface area (Å²) >= 11 is 0. The van der Waals surface area contributed by atoms with Gasteiger partial charge in [0.25, 0.3) is 0 Å². The van der Waals surface area contributed by atoms with Crippen molar-refractivity contribution in [2.75, 3.05) is 0 Å². The fourth-order valence-corrected chi connectivity index (χ4v) is 6.79. The van der Waals surface area contributed by atoms with Crippen molar-refractivity contribution in [1.82, 2.24) is 0 Å². The quantitative estimate of drug-likeness (QED) is 0.275. The minimum atomic E-state index is 0.315. The average molecular weight is 450 g/mol. The molecule has 1 heteroatoms. The summed E-state index contributed by atoms with van der Waals surface area (Å²) in [6, 6.07) is 12.4. The van der Waals surface area contributed by atoms with E-state index >= 15 is 0 Å². The second kappa shape index (κ2) is 14.9. The third kappa shape index (κ3) is 8.77. The molecule has 2 aliphatic rings. The van der Waals surface area contributed by atoms with Crippen LogP contribution in [-0.4, -0.2) is 0 Å². The lowest BCUT2D eigenvalue weighted by atomic mass is 9.70. The Morgan fingerprint density at radius 2 is 1.39 bits per heavy atom. The van der Waals surface area contributed by atoms with Crippen molar-refractivity contribution >= 4 is 0 Å². The van der Waals surface area contributed by atoms with Gasteiger partial charge in [-0.3, -0.25) is 0 Å². The molecule has 1 atom stereocenters. The van der Waals surface area contributed by atoms with Crippen LogP contribution in [-0.2, 0) is 6.42 Å². The van der Waals surface area contributed by atoms with Gasteiger partial charge in [0.2, 0.25) is 0 Å². The zero-order chi connectivity index (χ0) is 23.3. The molecule has 2 fully saturated rings. The zero-order valence-corrected chi connectivity index (χ0v) is 21.9. The Kier molecular flexibility index (Phi) is 11.9.